The molecule has 1 N–H and O–H groups in total. The summed E-state index contributed by atoms with van der Waals surface area (Å²) in [5.74, 6) is -2.18. The van der Waals surface area contributed by atoms with Crippen LogP contribution in [0.3, 0.4) is 0 Å². The standard InChI is InChI=1S/C13H9F2N5O2S/c14-9-2-1-3-10(15)13(9)23(21,22)19-11-6-12(18-7-17-11)20-5-4-16-8-20/h1-8H,(H,17,18,19). The number of nitrogens with zero attached hydrogens (tertiary/aromatic N) is 4. The molecule has 0 saturated carbocycles. The minimum absolute atomic E-state index is 0.133. The van der Waals surface area contributed by atoms with Crippen molar-refractivity contribution in [3.63, 3.8) is 0 Å². The molecule has 23 heavy (non-hydrogen) atoms. The zero-order valence-corrected chi connectivity index (χ0v) is 12.2. The molecule has 10 heteroatoms. The van der Waals surface area contributed by atoms with Crippen LogP contribution >= 0.6 is 0 Å². The summed E-state index contributed by atoms with van der Waals surface area (Å²) in [6, 6.07) is 4.09. The molecule has 1 aromatic carbocycles. The van der Waals surface area contributed by atoms with Gasteiger partial charge in [-0.2, -0.15) is 0 Å². The van der Waals surface area contributed by atoms with Crippen molar-refractivity contribution in [3.05, 3.63) is 60.9 Å². The molecule has 2 aromatic heterocycles. The Morgan fingerprint density at radius 1 is 1.13 bits per heavy atom. The monoisotopic (exact) mass is 337 g/mol. The van der Waals surface area contributed by atoms with Crippen molar-refractivity contribution in [2.75, 3.05) is 4.72 Å². The first-order valence-electron chi connectivity index (χ1n) is 6.24. The second-order valence-corrected chi connectivity index (χ2v) is 6.01. The van der Waals surface area contributed by atoms with Crippen molar-refractivity contribution in [3.8, 4) is 5.82 Å². The van der Waals surface area contributed by atoms with E-state index in [4.69, 9.17) is 0 Å². The summed E-state index contributed by atoms with van der Waals surface area (Å²) in [6.45, 7) is 0. The Labute approximate surface area is 129 Å². The predicted octanol–water partition coefficient (Wildman–Crippen LogP) is 1.74. The van der Waals surface area contributed by atoms with E-state index < -0.39 is 26.6 Å². The van der Waals surface area contributed by atoms with Gasteiger partial charge in [0, 0.05) is 18.5 Å². The number of nitrogens with one attached hydrogen (secondary N) is 1. The Morgan fingerprint density at radius 2 is 1.87 bits per heavy atom. The summed E-state index contributed by atoms with van der Waals surface area (Å²) in [7, 11) is -4.48. The summed E-state index contributed by atoms with van der Waals surface area (Å²) in [4.78, 5) is 10.5. The van der Waals surface area contributed by atoms with Crippen LogP contribution in [-0.2, 0) is 10.0 Å². The number of sulfonamides is 1. The van der Waals surface area contributed by atoms with Crippen LogP contribution in [0, 0.1) is 11.6 Å². The Balaban J connectivity index is 1.97. The fourth-order valence-electron chi connectivity index (χ4n) is 1.87. The molecule has 7 nitrogen and oxygen atoms in total. The van der Waals surface area contributed by atoms with Gasteiger partial charge >= 0.3 is 0 Å². The largest absolute Gasteiger partial charge is 0.290 e. The van der Waals surface area contributed by atoms with Crippen LogP contribution in [0.2, 0.25) is 0 Å². The van der Waals surface area contributed by atoms with Crippen LogP contribution in [0.1, 0.15) is 0 Å². The number of anilines is 1. The summed E-state index contributed by atoms with van der Waals surface area (Å²) in [5, 5.41) is 0. The average Bonchev–Trinajstić information content (AvgIpc) is 3.00. The van der Waals surface area contributed by atoms with E-state index in [0.717, 1.165) is 24.5 Å². The molecule has 0 radical (unpaired) electrons. The van der Waals surface area contributed by atoms with Gasteiger partial charge in [-0.05, 0) is 12.1 Å². The van der Waals surface area contributed by atoms with Crippen molar-refractivity contribution in [2.24, 2.45) is 0 Å². The predicted molar refractivity (Wildman–Crippen MR) is 76.3 cm³/mol. The van der Waals surface area contributed by atoms with Crippen LogP contribution in [0.5, 0.6) is 0 Å². The van der Waals surface area contributed by atoms with E-state index in [1.54, 1.807) is 6.20 Å². The Bertz CT molecular complexity index is 925. The molecule has 3 aromatic rings. The number of halogens is 2. The van der Waals surface area contributed by atoms with E-state index >= 15 is 0 Å². The van der Waals surface area contributed by atoms with Gasteiger partial charge < -0.3 is 0 Å². The van der Waals surface area contributed by atoms with Gasteiger partial charge in [0.05, 0.1) is 0 Å². The van der Waals surface area contributed by atoms with Gasteiger partial charge in [0.15, 0.2) is 4.90 Å². The molecular formula is C13H9F2N5O2S. The summed E-state index contributed by atoms with van der Waals surface area (Å²) in [6.07, 6.45) is 5.68. The van der Waals surface area contributed by atoms with Gasteiger partial charge in [0.25, 0.3) is 10.0 Å². The number of rotatable bonds is 4. The van der Waals surface area contributed by atoms with E-state index in [2.05, 4.69) is 15.0 Å². The van der Waals surface area contributed by atoms with Gasteiger partial charge in [-0.1, -0.05) is 6.07 Å². The van der Waals surface area contributed by atoms with Crippen molar-refractivity contribution < 1.29 is 17.2 Å². The molecule has 0 bridgehead atoms. The molecule has 0 aliphatic carbocycles. The molecule has 118 valence electrons. The van der Waals surface area contributed by atoms with E-state index in [1.807, 2.05) is 4.72 Å². The van der Waals surface area contributed by atoms with Crippen molar-refractivity contribution >= 4 is 15.8 Å². The number of hydrogen-bond donors (Lipinski definition) is 1. The molecule has 0 amide bonds. The first kappa shape index (κ1) is 15.0. The highest BCUT2D eigenvalue weighted by atomic mass is 32.2. The van der Waals surface area contributed by atoms with Gasteiger partial charge in [0.2, 0.25) is 0 Å². The fourth-order valence-corrected chi connectivity index (χ4v) is 3.01. The van der Waals surface area contributed by atoms with Crippen molar-refractivity contribution in [1.82, 2.24) is 19.5 Å². The Kier molecular flexibility index (Phi) is 3.74. The van der Waals surface area contributed by atoms with E-state index in [1.165, 1.54) is 23.2 Å². The second-order valence-electron chi connectivity index (χ2n) is 4.39. The van der Waals surface area contributed by atoms with Crippen molar-refractivity contribution in [2.45, 2.75) is 4.90 Å². The molecule has 0 unspecified atom stereocenters. The zero-order valence-electron chi connectivity index (χ0n) is 11.4. The van der Waals surface area contributed by atoms with Crippen LogP contribution in [-0.4, -0.2) is 27.9 Å². The summed E-state index contributed by atoms with van der Waals surface area (Å²) in [5.41, 5.74) is 0. The SMILES string of the molecule is O=S(=O)(Nc1cc(-n2ccnc2)ncn1)c1c(F)cccc1F. The molecule has 0 saturated heterocycles. The lowest BCUT2D eigenvalue weighted by Gasteiger charge is -2.09. The lowest BCUT2D eigenvalue weighted by atomic mass is 10.3. The number of aromatic nitrogens is 4. The summed E-state index contributed by atoms with van der Waals surface area (Å²) >= 11 is 0. The molecule has 0 aliphatic rings. The minimum atomic E-state index is -4.48. The molecule has 0 spiro atoms. The van der Waals surface area contributed by atoms with Crippen LogP contribution in [0.4, 0.5) is 14.6 Å². The van der Waals surface area contributed by atoms with E-state index in [9.17, 15) is 17.2 Å². The lowest BCUT2D eigenvalue weighted by molar-refractivity contribution is 0.521. The molecule has 0 aliphatic heterocycles. The fraction of sp³-hybridized carbons (Fsp3) is 0. The molecule has 3 rings (SSSR count). The second kappa shape index (κ2) is 5.72. The number of benzene rings is 1. The molecular weight excluding hydrogens is 328 g/mol. The van der Waals surface area contributed by atoms with Crippen molar-refractivity contribution in [1.29, 1.82) is 0 Å². The van der Waals surface area contributed by atoms with Crippen LogP contribution in [0.25, 0.3) is 5.82 Å². The third-order valence-corrected chi connectivity index (χ3v) is 4.25. The maximum absolute atomic E-state index is 13.6. The molecule has 0 atom stereocenters. The Morgan fingerprint density at radius 3 is 2.52 bits per heavy atom. The van der Waals surface area contributed by atoms with E-state index in [0.29, 0.717) is 5.82 Å². The minimum Gasteiger partial charge on any atom is -0.290 e. The van der Waals surface area contributed by atoms with Gasteiger partial charge in [-0.25, -0.2) is 32.2 Å². The zero-order chi connectivity index (χ0) is 16.4. The number of imidazole rings is 1. The van der Waals surface area contributed by atoms with E-state index in [-0.39, 0.29) is 5.82 Å². The van der Waals surface area contributed by atoms with Crippen LogP contribution in [0.15, 0.2) is 54.2 Å². The van der Waals surface area contributed by atoms with Gasteiger partial charge in [0.1, 0.15) is 35.9 Å². The highest BCUT2D eigenvalue weighted by Crippen LogP contribution is 2.21. The average molecular weight is 337 g/mol. The quantitative estimate of drug-likeness (QED) is 0.783. The smallest absolute Gasteiger partial charge is 0.268 e. The highest BCUT2D eigenvalue weighted by molar-refractivity contribution is 7.92. The third-order valence-electron chi connectivity index (χ3n) is 2.85. The molecule has 0 fully saturated rings. The maximum Gasteiger partial charge on any atom is 0.268 e. The third kappa shape index (κ3) is 3.01. The molecule has 2 heterocycles. The van der Waals surface area contributed by atoms with Crippen LogP contribution < -0.4 is 4.72 Å². The van der Waals surface area contributed by atoms with Gasteiger partial charge in [-0.15, -0.1) is 0 Å². The lowest BCUT2D eigenvalue weighted by Crippen LogP contribution is -2.17. The highest BCUT2D eigenvalue weighted by Gasteiger charge is 2.24. The van der Waals surface area contributed by atoms with Gasteiger partial charge in [-0.3, -0.25) is 9.29 Å². The topological polar surface area (TPSA) is 89.8 Å². The first-order valence-corrected chi connectivity index (χ1v) is 7.73. The maximum atomic E-state index is 13.6. The summed E-state index contributed by atoms with van der Waals surface area (Å²) < 4.78 is 55.2. The first-order chi connectivity index (χ1) is 11.0. The Hall–Kier alpha value is -2.88. The number of hydrogen-bond acceptors (Lipinski definition) is 5. The normalized spacial score (nSPS) is 11.4.